The van der Waals surface area contributed by atoms with Crippen molar-refractivity contribution in [2.45, 2.75) is 12.6 Å². The highest BCUT2D eigenvalue weighted by Crippen LogP contribution is 2.41. The number of rotatable bonds is 5. The van der Waals surface area contributed by atoms with Crippen LogP contribution in [0.2, 0.25) is 0 Å². The molecule has 2 heterocycles. The number of fused-ring (bicyclic) bond motifs is 5. The summed E-state index contributed by atoms with van der Waals surface area (Å²) in [5.74, 6) is 1.69. The molecule has 0 fully saturated rings. The lowest BCUT2D eigenvalue weighted by Gasteiger charge is -2.26. The predicted octanol–water partition coefficient (Wildman–Crippen LogP) is 11.8. The maximum Gasteiger partial charge on any atom is 0.147 e. The summed E-state index contributed by atoms with van der Waals surface area (Å²) in [6.07, 6.45) is 9.16. The molecule has 7 aromatic carbocycles. The van der Waals surface area contributed by atoms with Crippen molar-refractivity contribution in [3.8, 4) is 22.3 Å². The summed E-state index contributed by atoms with van der Waals surface area (Å²) in [6, 6.07) is 51.7. The monoisotopic (exact) mass is 655 g/mol. The lowest BCUT2D eigenvalue weighted by molar-refractivity contribution is 0.652. The highest BCUT2D eigenvalue weighted by Gasteiger charge is 2.27. The molecule has 51 heavy (non-hydrogen) atoms. The smallest absolute Gasteiger partial charge is 0.147 e. The number of allylic oxidation sites excluding steroid dienone is 3. The minimum absolute atomic E-state index is 0.106. The number of nitrogens with zero attached hydrogens (tertiary/aromatic N) is 2. The van der Waals surface area contributed by atoms with Crippen molar-refractivity contribution in [2.24, 2.45) is 15.9 Å². The van der Waals surface area contributed by atoms with Gasteiger partial charge in [0.15, 0.2) is 0 Å². The van der Waals surface area contributed by atoms with Crippen LogP contribution in [-0.2, 0) is 0 Å². The minimum atomic E-state index is -0.267. The van der Waals surface area contributed by atoms with Crippen LogP contribution in [0.4, 0.5) is 0 Å². The second-order valence-corrected chi connectivity index (χ2v) is 13.3. The van der Waals surface area contributed by atoms with Crippen LogP contribution in [0.25, 0.3) is 65.7 Å². The summed E-state index contributed by atoms with van der Waals surface area (Å²) in [7, 11) is 0. The summed E-state index contributed by atoms with van der Waals surface area (Å²) in [5, 5.41) is 10.7. The Balaban J connectivity index is 1.15. The lowest BCUT2D eigenvalue weighted by Crippen LogP contribution is -2.35. The van der Waals surface area contributed by atoms with Gasteiger partial charge in [-0.05, 0) is 74.0 Å². The standard InChI is InChI=1S/C47H33N3O/c1-3-13-33(14-4-1)45-48-46(34-15-5-2-6-16-34)50-47(49-45)40-27-26-39(43-41-28-35-17-7-8-18-36(35)29-42(41)51-44(40)43)32-24-22-31(23-25-32)38-21-11-19-30-12-9-10-20-37(30)38/h1-15,17-29,34,45H,16H2,(H,48,49,50). The molecule has 0 radical (unpaired) electrons. The molecule has 0 amide bonds. The number of amidine groups is 2. The van der Waals surface area contributed by atoms with Crippen LogP contribution in [0, 0.1) is 5.92 Å². The molecule has 0 bridgehead atoms. The Morgan fingerprint density at radius 2 is 1.29 bits per heavy atom. The molecule has 4 heteroatoms. The summed E-state index contributed by atoms with van der Waals surface area (Å²) in [4.78, 5) is 10.3. The van der Waals surface area contributed by atoms with Gasteiger partial charge in [-0.1, -0.05) is 152 Å². The summed E-state index contributed by atoms with van der Waals surface area (Å²) in [6.45, 7) is 0. The van der Waals surface area contributed by atoms with Crippen LogP contribution < -0.4 is 5.32 Å². The Labute approximate surface area is 295 Å². The SMILES string of the molecule is C1=CCC(C2=NC(c3ccccc3)NC(c3ccc(-c4ccc(-c5cccc6ccccc56)cc4)c4c3oc3cc5ccccc5cc34)=N2)C=C1. The van der Waals surface area contributed by atoms with E-state index < -0.39 is 0 Å². The third-order valence-corrected chi connectivity index (χ3v) is 10.2. The van der Waals surface area contributed by atoms with E-state index in [9.17, 15) is 0 Å². The molecule has 8 aromatic rings. The summed E-state index contributed by atoms with van der Waals surface area (Å²) < 4.78 is 6.88. The minimum Gasteiger partial charge on any atom is -0.455 e. The second kappa shape index (κ2) is 12.1. The fourth-order valence-corrected chi connectivity index (χ4v) is 7.65. The van der Waals surface area contributed by atoms with Gasteiger partial charge in [0.05, 0.1) is 5.56 Å². The zero-order valence-electron chi connectivity index (χ0n) is 27.8. The van der Waals surface area contributed by atoms with E-state index in [0.717, 1.165) is 67.7 Å². The average molecular weight is 656 g/mol. The Morgan fingerprint density at radius 1 is 0.588 bits per heavy atom. The zero-order valence-corrected chi connectivity index (χ0v) is 27.8. The largest absolute Gasteiger partial charge is 0.455 e. The van der Waals surface area contributed by atoms with Crippen molar-refractivity contribution < 1.29 is 4.42 Å². The van der Waals surface area contributed by atoms with E-state index >= 15 is 0 Å². The zero-order chi connectivity index (χ0) is 33.7. The Kier molecular flexibility index (Phi) is 6.98. The van der Waals surface area contributed by atoms with Crippen molar-refractivity contribution in [2.75, 3.05) is 0 Å². The van der Waals surface area contributed by atoms with Gasteiger partial charge in [0.1, 0.15) is 29.0 Å². The molecule has 4 nitrogen and oxygen atoms in total. The van der Waals surface area contributed by atoms with Crippen molar-refractivity contribution >= 4 is 55.2 Å². The van der Waals surface area contributed by atoms with E-state index in [4.69, 9.17) is 14.4 Å². The van der Waals surface area contributed by atoms with E-state index in [1.807, 2.05) is 6.07 Å². The first-order chi connectivity index (χ1) is 25.3. The highest BCUT2D eigenvalue weighted by atomic mass is 16.3. The molecule has 0 spiro atoms. The van der Waals surface area contributed by atoms with Crippen LogP contribution in [0.15, 0.2) is 184 Å². The van der Waals surface area contributed by atoms with Crippen molar-refractivity contribution in [1.29, 1.82) is 0 Å². The van der Waals surface area contributed by atoms with Crippen LogP contribution in [0.5, 0.6) is 0 Å². The van der Waals surface area contributed by atoms with Crippen LogP contribution in [0.1, 0.15) is 23.7 Å². The Morgan fingerprint density at radius 3 is 2.10 bits per heavy atom. The first-order valence-corrected chi connectivity index (χ1v) is 17.5. The topological polar surface area (TPSA) is 49.9 Å². The molecule has 0 saturated heterocycles. The molecule has 1 aliphatic carbocycles. The number of benzene rings is 7. The molecule has 2 atom stereocenters. The number of hydrogen-bond donors (Lipinski definition) is 1. The van der Waals surface area contributed by atoms with E-state index in [0.29, 0.717) is 0 Å². The average Bonchev–Trinajstić information content (AvgIpc) is 3.58. The molecule has 2 unspecified atom stereocenters. The number of furan rings is 1. The van der Waals surface area contributed by atoms with E-state index in [2.05, 4.69) is 169 Å². The van der Waals surface area contributed by atoms with Crippen molar-refractivity contribution in [3.63, 3.8) is 0 Å². The number of nitrogens with one attached hydrogen (secondary N) is 1. The van der Waals surface area contributed by atoms with Crippen molar-refractivity contribution in [1.82, 2.24) is 5.32 Å². The third-order valence-electron chi connectivity index (χ3n) is 10.2. The van der Waals surface area contributed by atoms with Gasteiger partial charge in [0, 0.05) is 16.7 Å². The quantitative estimate of drug-likeness (QED) is 0.201. The molecular formula is C47H33N3O. The van der Waals surface area contributed by atoms with Gasteiger partial charge in [-0.15, -0.1) is 0 Å². The summed E-state index contributed by atoms with van der Waals surface area (Å²) >= 11 is 0. The molecular weight excluding hydrogens is 623 g/mol. The fourth-order valence-electron chi connectivity index (χ4n) is 7.65. The third kappa shape index (κ3) is 5.15. The van der Waals surface area contributed by atoms with Gasteiger partial charge in [0.2, 0.25) is 0 Å². The highest BCUT2D eigenvalue weighted by molar-refractivity contribution is 6.22. The molecule has 1 aromatic heterocycles. The van der Waals surface area contributed by atoms with Gasteiger partial charge in [-0.2, -0.15) is 0 Å². The van der Waals surface area contributed by atoms with E-state index in [1.165, 1.54) is 27.3 Å². The lowest BCUT2D eigenvalue weighted by atomic mass is 9.93. The van der Waals surface area contributed by atoms with Gasteiger partial charge in [-0.25, -0.2) is 9.98 Å². The van der Waals surface area contributed by atoms with Crippen LogP contribution >= 0.6 is 0 Å². The maximum absolute atomic E-state index is 6.88. The Bertz CT molecular complexity index is 2740. The van der Waals surface area contributed by atoms with Gasteiger partial charge in [-0.3, -0.25) is 0 Å². The van der Waals surface area contributed by atoms with Gasteiger partial charge >= 0.3 is 0 Å². The second-order valence-electron chi connectivity index (χ2n) is 13.3. The van der Waals surface area contributed by atoms with Gasteiger partial charge < -0.3 is 9.73 Å². The fraction of sp³-hybridized carbons (Fsp3) is 0.0638. The van der Waals surface area contributed by atoms with Crippen molar-refractivity contribution in [3.05, 3.63) is 181 Å². The Hall–Kier alpha value is -6.52. The van der Waals surface area contributed by atoms with Gasteiger partial charge in [0.25, 0.3) is 0 Å². The van der Waals surface area contributed by atoms with E-state index in [1.54, 1.807) is 0 Å². The number of aliphatic imine (C=N–C) groups is 2. The van der Waals surface area contributed by atoms with Crippen LogP contribution in [0.3, 0.4) is 0 Å². The molecule has 2 aliphatic rings. The summed E-state index contributed by atoms with van der Waals surface area (Å²) in [5.41, 5.74) is 8.36. The molecule has 1 N–H and O–H groups in total. The normalized spacial score (nSPS) is 17.2. The first-order valence-electron chi connectivity index (χ1n) is 17.5. The number of hydrogen-bond acceptors (Lipinski definition) is 4. The molecule has 10 rings (SSSR count). The maximum atomic E-state index is 6.88. The molecule has 1 aliphatic heterocycles. The van der Waals surface area contributed by atoms with Crippen LogP contribution in [-0.4, -0.2) is 11.7 Å². The first kappa shape index (κ1) is 29.4. The molecule has 0 saturated carbocycles. The molecule has 242 valence electrons. The predicted molar refractivity (Wildman–Crippen MR) is 212 cm³/mol. The van der Waals surface area contributed by atoms with E-state index in [-0.39, 0.29) is 12.1 Å².